The molecular weight excluding hydrogens is 312 g/mol. The van der Waals surface area contributed by atoms with Crippen molar-refractivity contribution in [2.45, 2.75) is 31.8 Å². The highest BCUT2D eigenvalue weighted by Gasteiger charge is 2.17. The summed E-state index contributed by atoms with van der Waals surface area (Å²) < 4.78 is 5.55. The van der Waals surface area contributed by atoms with Crippen molar-refractivity contribution in [3.05, 3.63) is 60.1 Å². The number of furan rings is 1. The third-order valence-electron chi connectivity index (χ3n) is 4.27. The molecule has 0 saturated heterocycles. The summed E-state index contributed by atoms with van der Waals surface area (Å²) in [6.45, 7) is 2.91. The Labute approximate surface area is 151 Å². The van der Waals surface area contributed by atoms with Gasteiger partial charge in [-0.2, -0.15) is 0 Å². The summed E-state index contributed by atoms with van der Waals surface area (Å²) in [6.07, 6.45) is 3.82. The zero-order valence-electron chi connectivity index (χ0n) is 15.7. The van der Waals surface area contributed by atoms with Gasteiger partial charge >= 0.3 is 0 Å². The van der Waals surface area contributed by atoms with E-state index in [1.165, 1.54) is 5.56 Å². The van der Waals surface area contributed by atoms with E-state index in [2.05, 4.69) is 57.8 Å². The minimum Gasteiger partial charge on any atom is -0.468 e. The van der Waals surface area contributed by atoms with Crippen LogP contribution in [-0.4, -0.2) is 44.6 Å². The fourth-order valence-corrected chi connectivity index (χ4v) is 2.74. The SMILES string of the molecule is CN=C(NCC(c1ccco1)N(C)C)NC(C)CCc1ccccc1. The van der Waals surface area contributed by atoms with Gasteiger partial charge in [0.1, 0.15) is 5.76 Å². The highest BCUT2D eigenvalue weighted by atomic mass is 16.3. The molecule has 25 heavy (non-hydrogen) atoms. The second-order valence-corrected chi connectivity index (χ2v) is 6.52. The predicted octanol–water partition coefficient (Wildman–Crippen LogP) is 3.07. The first-order chi connectivity index (χ1) is 12.1. The van der Waals surface area contributed by atoms with Gasteiger partial charge in [0.2, 0.25) is 0 Å². The van der Waals surface area contributed by atoms with Gasteiger partial charge in [-0.1, -0.05) is 30.3 Å². The van der Waals surface area contributed by atoms with Crippen LogP contribution in [0.15, 0.2) is 58.1 Å². The minimum absolute atomic E-state index is 0.160. The molecule has 2 N–H and O–H groups in total. The van der Waals surface area contributed by atoms with E-state index in [0.29, 0.717) is 6.04 Å². The summed E-state index contributed by atoms with van der Waals surface area (Å²) in [5, 5.41) is 6.87. The van der Waals surface area contributed by atoms with Crippen LogP contribution in [0.3, 0.4) is 0 Å². The summed E-state index contributed by atoms with van der Waals surface area (Å²) >= 11 is 0. The molecule has 2 aromatic rings. The van der Waals surface area contributed by atoms with E-state index in [1.807, 2.05) is 26.2 Å². The number of hydrogen-bond donors (Lipinski definition) is 2. The molecule has 5 nitrogen and oxygen atoms in total. The molecule has 0 aliphatic carbocycles. The third kappa shape index (κ3) is 6.27. The normalized spacial score (nSPS) is 14.4. The Bertz CT molecular complexity index is 622. The quantitative estimate of drug-likeness (QED) is 0.572. The highest BCUT2D eigenvalue weighted by molar-refractivity contribution is 5.79. The van der Waals surface area contributed by atoms with Crippen molar-refractivity contribution in [3.8, 4) is 0 Å². The van der Waals surface area contributed by atoms with Crippen LogP contribution < -0.4 is 10.6 Å². The fourth-order valence-electron chi connectivity index (χ4n) is 2.74. The molecular formula is C20H30N4O. The number of aryl methyl sites for hydroxylation is 1. The van der Waals surface area contributed by atoms with E-state index in [-0.39, 0.29) is 6.04 Å². The first kappa shape index (κ1) is 19.1. The van der Waals surface area contributed by atoms with Gasteiger partial charge in [0.05, 0.1) is 12.3 Å². The van der Waals surface area contributed by atoms with Crippen molar-refractivity contribution in [1.82, 2.24) is 15.5 Å². The Morgan fingerprint density at radius 1 is 1.16 bits per heavy atom. The van der Waals surface area contributed by atoms with Gasteiger partial charge in [0, 0.05) is 19.6 Å². The van der Waals surface area contributed by atoms with Crippen molar-refractivity contribution < 1.29 is 4.42 Å². The summed E-state index contributed by atoms with van der Waals surface area (Å²) in [5.74, 6) is 1.77. The highest BCUT2D eigenvalue weighted by Crippen LogP contribution is 2.17. The van der Waals surface area contributed by atoms with Gasteiger partial charge in [-0.3, -0.25) is 9.89 Å². The van der Waals surface area contributed by atoms with Crippen LogP contribution in [0.5, 0.6) is 0 Å². The number of rotatable bonds is 8. The van der Waals surface area contributed by atoms with E-state index in [9.17, 15) is 0 Å². The molecule has 0 bridgehead atoms. The van der Waals surface area contributed by atoms with Crippen molar-refractivity contribution in [3.63, 3.8) is 0 Å². The lowest BCUT2D eigenvalue weighted by Crippen LogP contribution is -2.45. The summed E-state index contributed by atoms with van der Waals surface area (Å²) in [4.78, 5) is 6.48. The van der Waals surface area contributed by atoms with Gasteiger partial charge < -0.3 is 15.1 Å². The zero-order chi connectivity index (χ0) is 18.1. The Morgan fingerprint density at radius 2 is 1.92 bits per heavy atom. The summed E-state index contributed by atoms with van der Waals surface area (Å²) in [5.41, 5.74) is 1.37. The molecule has 2 atom stereocenters. The van der Waals surface area contributed by atoms with Gasteiger partial charge in [-0.15, -0.1) is 0 Å². The Kier molecular flexibility index (Phi) is 7.54. The molecule has 1 aromatic carbocycles. The maximum Gasteiger partial charge on any atom is 0.191 e. The van der Waals surface area contributed by atoms with Crippen LogP contribution >= 0.6 is 0 Å². The maximum absolute atomic E-state index is 5.55. The summed E-state index contributed by atoms with van der Waals surface area (Å²) in [6, 6.07) is 15.0. The van der Waals surface area contributed by atoms with Crippen molar-refractivity contribution in [1.29, 1.82) is 0 Å². The van der Waals surface area contributed by atoms with Gasteiger partial charge in [-0.25, -0.2) is 0 Å². The Morgan fingerprint density at radius 3 is 2.52 bits per heavy atom. The van der Waals surface area contributed by atoms with Gasteiger partial charge in [0.25, 0.3) is 0 Å². The van der Waals surface area contributed by atoms with Crippen LogP contribution in [0, 0.1) is 0 Å². The van der Waals surface area contributed by atoms with Crippen molar-refractivity contribution >= 4 is 5.96 Å². The number of nitrogens with zero attached hydrogens (tertiary/aromatic N) is 2. The molecule has 1 aromatic heterocycles. The lowest BCUT2D eigenvalue weighted by Gasteiger charge is -2.25. The number of likely N-dealkylation sites (N-methyl/N-ethyl adjacent to an activating group) is 1. The lowest BCUT2D eigenvalue weighted by molar-refractivity contribution is 0.258. The molecule has 0 saturated carbocycles. The Hall–Kier alpha value is -2.27. The molecule has 0 fully saturated rings. The molecule has 0 aliphatic heterocycles. The molecule has 2 rings (SSSR count). The monoisotopic (exact) mass is 342 g/mol. The lowest BCUT2D eigenvalue weighted by atomic mass is 10.1. The fraction of sp³-hybridized carbons (Fsp3) is 0.450. The number of guanidine groups is 1. The largest absolute Gasteiger partial charge is 0.468 e. The molecule has 5 heteroatoms. The molecule has 0 radical (unpaired) electrons. The number of aliphatic imine (C=N–C) groups is 1. The molecule has 0 amide bonds. The first-order valence-electron chi connectivity index (χ1n) is 8.81. The average molecular weight is 342 g/mol. The van der Waals surface area contributed by atoms with Crippen LogP contribution in [0.1, 0.15) is 30.7 Å². The van der Waals surface area contributed by atoms with E-state index in [1.54, 1.807) is 13.3 Å². The average Bonchev–Trinajstić information content (AvgIpc) is 3.14. The maximum atomic E-state index is 5.55. The number of benzene rings is 1. The van der Waals surface area contributed by atoms with Gasteiger partial charge in [-0.05, 0) is 51.6 Å². The van der Waals surface area contributed by atoms with Crippen LogP contribution in [-0.2, 0) is 6.42 Å². The number of nitrogens with one attached hydrogen (secondary N) is 2. The van der Waals surface area contributed by atoms with E-state index < -0.39 is 0 Å². The molecule has 136 valence electrons. The molecule has 2 unspecified atom stereocenters. The molecule has 1 heterocycles. The second kappa shape index (κ2) is 9.89. The topological polar surface area (TPSA) is 52.8 Å². The van der Waals surface area contributed by atoms with Crippen molar-refractivity contribution in [2.75, 3.05) is 27.7 Å². The number of hydrogen-bond acceptors (Lipinski definition) is 3. The summed E-state index contributed by atoms with van der Waals surface area (Å²) in [7, 11) is 5.90. The van der Waals surface area contributed by atoms with Crippen LogP contribution in [0.25, 0.3) is 0 Å². The zero-order valence-corrected chi connectivity index (χ0v) is 15.7. The molecule has 0 aliphatic rings. The molecule has 0 spiro atoms. The predicted molar refractivity (Wildman–Crippen MR) is 104 cm³/mol. The minimum atomic E-state index is 0.160. The van der Waals surface area contributed by atoms with Crippen molar-refractivity contribution in [2.24, 2.45) is 4.99 Å². The standard InChI is InChI=1S/C20H30N4O/c1-16(12-13-17-9-6-5-7-10-17)23-20(21-2)22-15-18(24(3)4)19-11-8-14-25-19/h5-11,14,16,18H,12-13,15H2,1-4H3,(H2,21,22,23). The van der Waals surface area contributed by atoms with Crippen LogP contribution in [0.2, 0.25) is 0 Å². The van der Waals surface area contributed by atoms with Gasteiger partial charge in [0.15, 0.2) is 5.96 Å². The Balaban J connectivity index is 1.81. The van der Waals surface area contributed by atoms with E-state index >= 15 is 0 Å². The van der Waals surface area contributed by atoms with E-state index in [4.69, 9.17) is 4.42 Å². The van der Waals surface area contributed by atoms with Crippen LogP contribution in [0.4, 0.5) is 0 Å². The van der Waals surface area contributed by atoms with E-state index in [0.717, 1.165) is 31.1 Å². The smallest absolute Gasteiger partial charge is 0.191 e. The second-order valence-electron chi connectivity index (χ2n) is 6.52. The third-order valence-corrected chi connectivity index (χ3v) is 4.27. The first-order valence-corrected chi connectivity index (χ1v) is 8.81.